The van der Waals surface area contributed by atoms with Gasteiger partial charge in [-0.25, -0.2) is 4.79 Å². The van der Waals surface area contributed by atoms with Crippen LogP contribution in [-0.4, -0.2) is 46.8 Å². The highest BCUT2D eigenvalue weighted by atomic mass is 35.5. The van der Waals surface area contributed by atoms with Crippen molar-refractivity contribution in [3.05, 3.63) is 46.2 Å². The maximum absolute atomic E-state index is 12.2. The van der Waals surface area contributed by atoms with Gasteiger partial charge in [0.1, 0.15) is 16.5 Å². The van der Waals surface area contributed by atoms with Crippen molar-refractivity contribution in [1.82, 2.24) is 14.7 Å². The summed E-state index contributed by atoms with van der Waals surface area (Å²) in [6, 6.07) is 7.48. The molecule has 0 aliphatic carbocycles. The van der Waals surface area contributed by atoms with Gasteiger partial charge >= 0.3 is 5.97 Å². The molecular formula is C18H22ClN3O4. The number of likely N-dealkylation sites (N-methyl/N-ethyl adjacent to an activating group) is 1. The molecular weight excluding hydrogens is 358 g/mol. The van der Waals surface area contributed by atoms with E-state index in [1.165, 1.54) is 9.58 Å². The minimum atomic E-state index is -0.664. The fraction of sp³-hybridized carbons (Fsp3) is 0.389. The molecule has 0 atom stereocenters. The first-order chi connectivity index (χ1) is 12.3. The molecule has 1 heterocycles. The van der Waals surface area contributed by atoms with Gasteiger partial charge in [-0.05, 0) is 31.5 Å². The number of aryl methyl sites for hydroxylation is 2. The van der Waals surface area contributed by atoms with Crippen LogP contribution >= 0.6 is 11.6 Å². The van der Waals surface area contributed by atoms with Gasteiger partial charge < -0.3 is 14.4 Å². The Bertz CT molecular complexity index is 786. The van der Waals surface area contributed by atoms with E-state index in [1.54, 1.807) is 21.0 Å². The molecule has 26 heavy (non-hydrogen) atoms. The molecule has 0 bridgehead atoms. The molecule has 2 aromatic rings. The second-order valence-electron chi connectivity index (χ2n) is 5.78. The number of hydrogen-bond acceptors (Lipinski definition) is 5. The van der Waals surface area contributed by atoms with E-state index in [2.05, 4.69) is 5.10 Å². The average molecular weight is 380 g/mol. The minimum Gasteiger partial charge on any atom is -0.494 e. The molecule has 2 rings (SSSR count). The first kappa shape index (κ1) is 19.8. The Kier molecular flexibility index (Phi) is 6.63. The monoisotopic (exact) mass is 379 g/mol. The lowest BCUT2D eigenvalue weighted by atomic mass is 10.2. The van der Waals surface area contributed by atoms with Crippen LogP contribution in [0.4, 0.5) is 0 Å². The summed E-state index contributed by atoms with van der Waals surface area (Å²) in [6.45, 7) is 4.21. The molecule has 0 radical (unpaired) electrons. The Hall–Kier alpha value is -2.54. The number of carbonyl (C=O) groups excluding carboxylic acids is 2. The normalized spacial score (nSPS) is 10.5. The number of amides is 1. The van der Waals surface area contributed by atoms with Gasteiger partial charge in [0.05, 0.1) is 12.3 Å². The van der Waals surface area contributed by atoms with Crippen LogP contribution in [0.25, 0.3) is 0 Å². The van der Waals surface area contributed by atoms with Gasteiger partial charge in [0.2, 0.25) is 0 Å². The van der Waals surface area contributed by atoms with Crippen molar-refractivity contribution in [3.63, 3.8) is 0 Å². The molecule has 7 nitrogen and oxygen atoms in total. The van der Waals surface area contributed by atoms with E-state index >= 15 is 0 Å². The van der Waals surface area contributed by atoms with Gasteiger partial charge in [0.25, 0.3) is 5.91 Å². The van der Waals surface area contributed by atoms with E-state index in [0.717, 1.165) is 11.3 Å². The maximum Gasteiger partial charge on any atom is 0.343 e. The van der Waals surface area contributed by atoms with Gasteiger partial charge in [-0.2, -0.15) is 5.10 Å². The van der Waals surface area contributed by atoms with Crippen LogP contribution < -0.4 is 4.74 Å². The Balaban J connectivity index is 1.89. The Morgan fingerprint density at radius 3 is 2.46 bits per heavy atom. The zero-order valence-corrected chi connectivity index (χ0v) is 16.0. The molecule has 8 heteroatoms. The van der Waals surface area contributed by atoms with Crippen LogP contribution in [0.15, 0.2) is 24.3 Å². The molecule has 0 saturated carbocycles. The van der Waals surface area contributed by atoms with Crippen LogP contribution in [0.2, 0.25) is 5.15 Å². The zero-order valence-electron chi connectivity index (χ0n) is 15.3. The summed E-state index contributed by atoms with van der Waals surface area (Å²) in [5, 5.41) is 4.23. The number of hydrogen-bond donors (Lipinski definition) is 0. The van der Waals surface area contributed by atoms with Crippen LogP contribution in [0.5, 0.6) is 5.75 Å². The van der Waals surface area contributed by atoms with Crippen LogP contribution in [0, 0.1) is 6.92 Å². The van der Waals surface area contributed by atoms with Crippen molar-refractivity contribution in [2.24, 2.45) is 7.05 Å². The highest BCUT2D eigenvalue weighted by molar-refractivity contribution is 6.32. The van der Waals surface area contributed by atoms with Crippen molar-refractivity contribution < 1.29 is 19.1 Å². The predicted molar refractivity (Wildman–Crippen MR) is 97.3 cm³/mol. The van der Waals surface area contributed by atoms with E-state index < -0.39 is 5.97 Å². The number of ether oxygens (including phenoxy) is 2. The Morgan fingerprint density at radius 2 is 1.92 bits per heavy atom. The van der Waals surface area contributed by atoms with E-state index in [0.29, 0.717) is 18.8 Å². The third-order valence-corrected chi connectivity index (χ3v) is 4.20. The number of esters is 1. The topological polar surface area (TPSA) is 73.7 Å². The summed E-state index contributed by atoms with van der Waals surface area (Å²) in [5.41, 5.74) is 1.58. The second kappa shape index (κ2) is 8.71. The third kappa shape index (κ3) is 4.76. The van der Waals surface area contributed by atoms with Crippen LogP contribution in [0.1, 0.15) is 28.5 Å². The average Bonchev–Trinajstić information content (AvgIpc) is 2.86. The molecule has 0 spiro atoms. The molecule has 1 amide bonds. The summed E-state index contributed by atoms with van der Waals surface area (Å²) >= 11 is 6.02. The highest BCUT2D eigenvalue weighted by Crippen LogP contribution is 2.19. The molecule has 0 N–H and O–H groups in total. The molecule has 1 aromatic carbocycles. The summed E-state index contributed by atoms with van der Waals surface area (Å²) < 4.78 is 11.9. The molecule has 1 aromatic heterocycles. The van der Waals surface area contributed by atoms with E-state index in [9.17, 15) is 9.59 Å². The number of halogens is 1. The van der Waals surface area contributed by atoms with Crippen LogP contribution in [-0.2, 0) is 23.1 Å². The highest BCUT2D eigenvalue weighted by Gasteiger charge is 2.22. The Labute approximate surface area is 157 Å². The quantitative estimate of drug-likeness (QED) is 0.691. The largest absolute Gasteiger partial charge is 0.494 e. The first-order valence-corrected chi connectivity index (χ1v) is 8.53. The molecule has 140 valence electrons. The summed E-state index contributed by atoms with van der Waals surface area (Å²) in [7, 11) is 3.27. The van der Waals surface area contributed by atoms with Crippen molar-refractivity contribution in [2.45, 2.75) is 20.4 Å². The van der Waals surface area contributed by atoms with Gasteiger partial charge in [-0.3, -0.25) is 9.48 Å². The van der Waals surface area contributed by atoms with Gasteiger partial charge in [-0.1, -0.05) is 23.7 Å². The van der Waals surface area contributed by atoms with Gasteiger partial charge in [0.15, 0.2) is 6.61 Å². The van der Waals surface area contributed by atoms with E-state index in [1.807, 2.05) is 31.2 Å². The molecule has 0 fully saturated rings. The number of aromatic nitrogens is 2. The fourth-order valence-electron chi connectivity index (χ4n) is 2.39. The zero-order chi connectivity index (χ0) is 19.3. The molecule has 0 unspecified atom stereocenters. The number of nitrogens with zero attached hydrogens (tertiary/aromatic N) is 3. The molecule has 0 aliphatic rings. The van der Waals surface area contributed by atoms with E-state index in [4.69, 9.17) is 21.1 Å². The number of benzene rings is 1. The van der Waals surface area contributed by atoms with Crippen molar-refractivity contribution in [3.8, 4) is 5.75 Å². The lowest BCUT2D eigenvalue weighted by molar-refractivity contribution is -0.133. The summed E-state index contributed by atoms with van der Waals surface area (Å²) in [4.78, 5) is 25.8. The summed E-state index contributed by atoms with van der Waals surface area (Å²) in [6.07, 6.45) is 0. The standard InChI is InChI=1S/C18H22ClN3O4/c1-5-25-14-8-6-13(7-9-14)10-21(3)15(23)11-26-18(24)16-12(2)20-22(4)17(16)19/h6-9H,5,10-11H2,1-4H3. The number of rotatable bonds is 7. The smallest absolute Gasteiger partial charge is 0.343 e. The van der Waals surface area contributed by atoms with Crippen molar-refractivity contribution in [2.75, 3.05) is 20.3 Å². The number of carbonyl (C=O) groups is 2. The lowest BCUT2D eigenvalue weighted by Crippen LogP contribution is -2.30. The van der Waals surface area contributed by atoms with Gasteiger partial charge in [0, 0.05) is 20.6 Å². The van der Waals surface area contributed by atoms with Gasteiger partial charge in [-0.15, -0.1) is 0 Å². The van der Waals surface area contributed by atoms with E-state index in [-0.39, 0.29) is 23.2 Å². The fourth-order valence-corrected chi connectivity index (χ4v) is 2.64. The third-order valence-electron chi connectivity index (χ3n) is 3.76. The Morgan fingerprint density at radius 1 is 1.27 bits per heavy atom. The second-order valence-corrected chi connectivity index (χ2v) is 6.14. The first-order valence-electron chi connectivity index (χ1n) is 8.15. The molecule has 0 saturated heterocycles. The predicted octanol–water partition coefficient (Wildman–Crippen LogP) is 2.60. The summed E-state index contributed by atoms with van der Waals surface area (Å²) in [5.74, 6) is -0.198. The van der Waals surface area contributed by atoms with Crippen LogP contribution in [0.3, 0.4) is 0 Å². The van der Waals surface area contributed by atoms with Crippen molar-refractivity contribution >= 4 is 23.5 Å². The molecule has 0 aliphatic heterocycles. The lowest BCUT2D eigenvalue weighted by Gasteiger charge is -2.17. The van der Waals surface area contributed by atoms with Crippen molar-refractivity contribution in [1.29, 1.82) is 0 Å². The maximum atomic E-state index is 12.2. The SMILES string of the molecule is CCOc1ccc(CN(C)C(=O)COC(=O)c2c(C)nn(C)c2Cl)cc1. The minimum absolute atomic E-state index is 0.177.